The highest BCUT2D eigenvalue weighted by molar-refractivity contribution is 5.83. The van der Waals surface area contributed by atoms with Crippen molar-refractivity contribution in [1.29, 1.82) is 0 Å². The lowest BCUT2D eigenvalue weighted by Crippen LogP contribution is -2.49. The van der Waals surface area contributed by atoms with Gasteiger partial charge in [-0.2, -0.15) is 0 Å². The smallest absolute Gasteiger partial charge is 0.244 e. The molecular formula is C17H27N3O. The summed E-state index contributed by atoms with van der Waals surface area (Å²) in [5.41, 5.74) is 7.00. The summed E-state index contributed by atoms with van der Waals surface area (Å²) in [4.78, 5) is 16.9. The molecular weight excluding hydrogens is 262 g/mol. The van der Waals surface area contributed by atoms with Crippen LogP contribution in [0.4, 0.5) is 0 Å². The van der Waals surface area contributed by atoms with Gasteiger partial charge in [-0.1, -0.05) is 30.3 Å². The van der Waals surface area contributed by atoms with E-state index in [9.17, 15) is 4.79 Å². The van der Waals surface area contributed by atoms with Crippen LogP contribution in [-0.4, -0.2) is 47.9 Å². The summed E-state index contributed by atoms with van der Waals surface area (Å²) in [5, 5.41) is 0. The maximum Gasteiger partial charge on any atom is 0.244 e. The molecule has 4 nitrogen and oxygen atoms in total. The molecule has 116 valence electrons. The molecule has 21 heavy (non-hydrogen) atoms. The fourth-order valence-corrected chi connectivity index (χ4v) is 2.99. The van der Waals surface area contributed by atoms with Crippen molar-refractivity contribution < 1.29 is 4.79 Å². The zero-order valence-corrected chi connectivity index (χ0v) is 13.3. The van der Waals surface area contributed by atoms with Crippen molar-refractivity contribution in [2.45, 2.75) is 44.8 Å². The van der Waals surface area contributed by atoms with Crippen LogP contribution in [0.25, 0.3) is 0 Å². The van der Waals surface area contributed by atoms with Crippen LogP contribution in [0.1, 0.15) is 38.3 Å². The molecule has 1 atom stereocenters. The summed E-state index contributed by atoms with van der Waals surface area (Å²) in [7, 11) is 1.89. The highest BCUT2D eigenvalue weighted by atomic mass is 16.2. The van der Waals surface area contributed by atoms with Gasteiger partial charge in [0.25, 0.3) is 0 Å². The Kier molecular flexibility index (Phi) is 5.37. The minimum absolute atomic E-state index is 0.0178. The molecule has 1 saturated heterocycles. The highest BCUT2D eigenvalue weighted by Crippen LogP contribution is 2.20. The average molecular weight is 289 g/mol. The number of piperidine rings is 1. The van der Waals surface area contributed by atoms with E-state index in [1.54, 1.807) is 0 Å². The number of likely N-dealkylation sites (N-methyl/N-ethyl adjacent to an activating group) is 1. The first-order valence-electron chi connectivity index (χ1n) is 7.82. The Morgan fingerprint density at radius 2 is 1.81 bits per heavy atom. The van der Waals surface area contributed by atoms with Crippen LogP contribution in [0.15, 0.2) is 30.3 Å². The Morgan fingerprint density at radius 3 is 2.33 bits per heavy atom. The Morgan fingerprint density at radius 1 is 1.24 bits per heavy atom. The SMILES string of the molecule is CC(C)N1CCC(N(C)C(=O)[C@H](N)c2ccccc2)CC1. The van der Waals surface area contributed by atoms with Crippen molar-refractivity contribution in [2.75, 3.05) is 20.1 Å². The van der Waals surface area contributed by atoms with E-state index >= 15 is 0 Å². The van der Waals surface area contributed by atoms with Gasteiger partial charge >= 0.3 is 0 Å². The second kappa shape index (κ2) is 7.05. The summed E-state index contributed by atoms with van der Waals surface area (Å²) in [6.45, 7) is 6.56. The molecule has 1 aromatic rings. The first-order chi connectivity index (χ1) is 10.0. The fourth-order valence-electron chi connectivity index (χ4n) is 2.99. The van der Waals surface area contributed by atoms with E-state index in [1.165, 1.54) is 0 Å². The molecule has 0 unspecified atom stereocenters. The summed E-state index contributed by atoms with van der Waals surface area (Å²) >= 11 is 0. The fraction of sp³-hybridized carbons (Fsp3) is 0.588. The summed E-state index contributed by atoms with van der Waals surface area (Å²) in [6.07, 6.45) is 2.06. The van der Waals surface area contributed by atoms with E-state index in [-0.39, 0.29) is 5.91 Å². The second-order valence-corrected chi connectivity index (χ2v) is 6.20. The topological polar surface area (TPSA) is 49.6 Å². The number of hydrogen-bond acceptors (Lipinski definition) is 3. The molecule has 2 N–H and O–H groups in total. The van der Waals surface area contributed by atoms with Gasteiger partial charge in [0, 0.05) is 32.2 Å². The van der Waals surface area contributed by atoms with Gasteiger partial charge in [0.1, 0.15) is 6.04 Å². The Labute approximate surface area is 127 Å². The molecule has 4 heteroatoms. The standard InChI is InChI=1S/C17H27N3O/c1-13(2)20-11-9-15(10-12-20)19(3)17(21)16(18)14-7-5-4-6-8-14/h4-8,13,15-16H,9-12,18H2,1-3H3/t16-/m1/s1. The number of rotatable bonds is 4. The molecule has 0 bridgehead atoms. The number of hydrogen-bond donors (Lipinski definition) is 1. The Hall–Kier alpha value is -1.39. The molecule has 0 aliphatic carbocycles. The number of benzene rings is 1. The monoisotopic (exact) mass is 289 g/mol. The largest absolute Gasteiger partial charge is 0.341 e. The predicted octanol–water partition coefficient (Wildman–Crippen LogP) is 2.02. The molecule has 1 amide bonds. The molecule has 1 aromatic carbocycles. The first-order valence-corrected chi connectivity index (χ1v) is 7.82. The van der Waals surface area contributed by atoms with E-state index in [0.29, 0.717) is 12.1 Å². The van der Waals surface area contributed by atoms with Gasteiger partial charge in [0.05, 0.1) is 0 Å². The van der Waals surface area contributed by atoms with Gasteiger partial charge < -0.3 is 15.5 Å². The maximum atomic E-state index is 12.5. The summed E-state index contributed by atoms with van der Waals surface area (Å²) in [5.74, 6) is 0.0178. The van der Waals surface area contributed by atoms with Crippen LogP contribution in [0.5, 0.6) is 0 Å². The predicted molar refractivity (Wildman–Crippen MR) is 85.9 cm³/mol. The first kappa shape index (κ1) is 16.0. The minimum atomic E-state index is -0.556. The molecule has 0 radical (unpaired) electrons. The van der Waals surface area contributed by atoms with E-state index < -0.39 is 6.04 Å². The van der Waals surface area contributed by atoms with Crippen LogP contribution < -0.4 is 5.73 Å². The van der Waals surface area contributed by atoms with Gasteiger partial charge in [0.2, 0.25) is 5.91 Å². The molecule has 1 aliphatic rings. The van der Waals surface area contributed by atoms with E-state index in [2.05, 4.69) is 18.7 Å². The van der Waals surface area contributed by atoms with Crippen molar-refractivity contribution in [2.24, 2.45) is 5.73 Å². The van der Waals surface area contributed by atoms with Gasteiger partial charge in [-0.05, 0) is 32.3 Å². The number of nitrogens with zero attached hydrogens (tertiary/aromatic N) is 2. The highest BCUT2D eigenvalue weighted by Gasteiger charge is 2.29. The minimum Gasteiger partial charge on any atom is -0.341 e. The lowest BCUT2D eigenvalue weighted by Gasteiger charge is -2.39. The number of likely N-dealkylation sites (tertiary alicyclic amines) is 1. The third-order valence-electron chi connectivity index (χ3n) is 4.55. The summed E-state index contributed by atoms with van der Waals surface area (Å²) in [6, 6.07) is 9.94. The third-order valence-corrected chi connectivity index (χ3v) is 4.55. The maximum absolute atomic E-state index is 12.5. The lowest BCUT2D eigenvalue weighted by molar-refractivity contribution is -0.134. The third kappa shape index (κ3) is 3.83. The molecule has 1 aliphatic heterocycles. The van der Waals surface area contributed by atoms with E-state index in [1.807, 2.05) is 42.3 Å². The number of amides is 1. The van der Waals surface area contributed by atoms with Gasteiger partial charge in [0.15, 0.2) is 0 Å². The van der Waals surface area contributed by atoms with E-state index in [4.69, 9.17) is 5.73 Å². The molecule has 2 rings (SSSR count). The number of nitrogens with two attached hydrogens (primary N) is 1. The average Bonchev–Trinajstić information content (AvgIpc) is 2.53. The Bertz CT molecular complexity index is 452. The van der Waals surface area contributed by atoms with Crippen molar-refractivity contribution in [3.8, 4) is 0 Å². The van der Waals surface area contributed by atoms with Crippen molar-refractivity contribution in [3.05, 3.63) is 35.9 Å². The van der Waals surface area contributed by atoms with Crippen LogP contribution in [0.3, 0.4) is 0 Å². The van der Waals surface area contributed by atoms with Crippen molar-refractivity contribution in [1.82, 2.24) is 9.80 Å². The van der Waals surface area contributed by atoms with Crippen LogP contribution >= 0.6 is 0 Å². The molecule has 0 spiro atoms. The second-order valence-electron chi connectivity index (χ2n) is 6.20. The molecule has 1 fully saturated rings. The quantitative estimate of drug-likeness (QED) is 0.922. The van der Waals surface area contributed by atoms with Gasteiger partial charge in [-0.25, -0.2) is 0 Å². The zero-order valence-electron chi connectivity index (χ0n) is 13.3. The molecule has 0 saturated carbocycles. The molecule has 0 aromatic heterocycles. The number of carbonyl (C=O) groups is 1. The van der Waals surface area contributed by atoms with Gasteiger partial charge in [-0.3, -0.25) is 4.79 Å². The Balaban J connectivity index is 1.94. The van der Waals surface area contributed by atoms with Crippen LogP contribution in [0.2, 0.25) is 0 Å². The lowest BCUT2D eigenvalue weighted by atomic mass is 10.00. The van der Waals surface area contributed by atoms with Crippen LogP contribution in [0, 0.1) is 0 Å². The van der Waals surface area contributed by atoms with Crippen molar-refractivity contribution in [3.63, 3.8) is 0 Å². The zero-order chi connectivity index (χ0) is 15.4. The summed E-state index contributed by atoms with van der Waals surface area (Å²) < 4.78 is 0. The van der Waals surface area contributed by atoms with E-state index in [0.717, 1.165) is 31.5 Å². The van der Waals surface area contributed by atoms with Gasteiger partial charge in [-0.15, -0.1) is 0 Å². The van der Waals surface area contributed by atoms with Crippen molar-refractivity contribution >= 4 is 5.91 Å². The molecule has 1 heterocycles. The van der Waals surface area contributed by atoms with Crippen LogP contribution in [-0.2, 0) is 4.79 Å². The normalized spacial score (nSPS) is 18.7. The number of carbonyl (C=O) groups excluding carboxylic acids is 1.